The molecule has 0 bridgehead atoms. The summed E-state index contributed by atoms with van der Waals surface area (Å²) in [6.45, 7) is 9.16. The molecule has 1 aromatic rings. The molecule has 6 heteroatoms. The number of hydrogen-bond acceptors (Lipinski definition) is 4. The van der Waals surface area contributed by atoms with Gasteiger partial charge in [0.2, 0.25) is 11.8 Å². The lowest BCUT2D eigenvalue weighted by atomic mass is 10.1. The van der Waals surface area contributed by atoms with E-state index in [-0.39, 0.29) is 18.4 Å². The van der Waals surface area contributed by atoms with Gasteiger partial charge in [0.15, 0.2) is 0 Å². The smallest absolute Gasteiger partial charge is 0.243 e. The van der Waals surface area contributed by atoms with Gasteiger partial charge < -0.3 is 15.4 Å². The van der Waals surface area contributed by atoms with Crippen LogP contribution in [0.25, 0.3) is 0 Å². The van der Waals surface area contributed by atoms with Crippen molar-refractivity contribution in [3.8, 4) is 0 Å². The Morgan fingerprint density at radius 3 is 2.56 bits per heavy atom. The van der Waals surface area contributed by atoms with Gasteiger partial charge in [0.1, 0.15) is 0 Å². The highest BCUT2D eigenvalue weighted by atomic mass is 16.5. The molecule has 0 spiro atoms. The maximum atomic E-state index is 12.1. The van der Waals surface area contributed by atoms with Crippen molar-refractivity contribution in [1.29, 1.82) is 0 Å². The maximum absolute atomic E-state index is 12.1. The zero-order valence-electron chi connectivity index (χ0n) is 16.8. The van der Waals surface area contributed by atoms with Crippen LogP contribution in [0.2, 0.25) is 0 Å². The van der Waals surface area contributed by atoms with Crippen LogP contribution in [0.15, 0.2) is 24.3 Å². The SMILES string of the molecule is CCc1ccccc1NC(=O)CNC(=O)CN1CCC(OCC(C)C)CC1. The summed E-state index contributed by atoms with van der Waals surface area (Å²) < 4.78 is 5.87. The average molecular weight is 376 g/mol. The number of rotatable bonds is 9. The summed E-state index contributed by atoms with van der Waals surface area (Å²) in [6.07, 6.45) is 3.05. The van der Waals surface area contributed by atoms with Crippen LogP contribution in [0.1, 0.15) is 39.2 Å². The monoisotopic (exact) mass is 375 g/mol. The molecule has 1 aliphatic heterocycles. The van der Waals surface area contributed by atoms with E-state index in [1.807, 2.05) is 31.2 Å². The number of nitrogens with one attached hydrogen (secondary N) is 2. The number of ether oxygens (including phenoxy) is 1. The number of likely N-dealkylation sites (tertiary alicyclic amines) is 1. The number of para-hydroxylation sites is 1. The average Bonchev–Trinajstić information content (AvgIpc) is 2.66. The largest absolute Gasteiger partial charge is 0.378 e. The molecule has 1 heterocycles. The fourth-order valence-corrected chi connectivity index (χ4v) is 3.15. The number of anilines is 1. The molecule has 27 heavy (non-hydrogen) atoms. The Morgan fingerprint density at radius 2 is 1.89 bits per heavy atom. The number of hydrogen-bond donors (Lipinski definition) is 2. The Labute approximate surface area is 162 Å². The number of carbonyl (C=O) groups excluding carboxylic acids is 2. The second-order valence-corrected chi connectivity index (χ2v) is 7.54. The fraction of sp³-hybridized carbons (Fsp3) is 0.619. The minimum atomic E-state index is -0.204. The van der Waals surface area contributed by atoms with Crippen LogP contribution in [-0.2, 0) is 20.7 Å². The third kappa shape index (κ3) is 7.69. The Kier molecular flexibility index (Phi) is 8.75. The summed E-state index contributed by atoms with van der Waals surface area (Å²) in [5.41, 5.74) is 1.89. The minimum absolute atomic E-state index is 0.00908. The van der Waals surface area contributed by atoms with Gasteiger partial charge in [-0.25, -0.2) is 0 Å². The summed E-state index contributed by atoms with van der Waals surface area (Å²) in [7, 11) is 0. The molecule has 1 aromatic carbocycles. The highest BCUT2D eigenvalue weighted by molar-refractivity contribution is 5.95. The van der Waals surface area contributed by atoms with E-state index in [9.17, 15) is 9.59 Å². The highest BCUT2D eigenvalue weighted by Gasteiger charge is 2.21. The molecule has 1 aliphatic rings. The summed E-state index contributed by atoms with van der Waals surface area (Å²) >= 11 is 0. The van der Waals surface area contributed by atoms with Crippen molar-refractivity contribution in [2.45, 2.75) is 46.1 Å². The van der Waals surface area contributed by atoms with E-state index in [0.29, 0.717) is 18.6 Å². The van der Waals surface area contributed by atoms with Gasteiger partial charge in [-0.1, -0.05) is 39.0 Å². The van der Waals surface area contributed by atoms with Gasteiger partial charge >= 0.3 is 0 Å². The molecule has 0 aliphatic carbocycles. The normalized spacial score (nSPS) is 15.7. The van der Waals surface area contributed by atoms with Gasteiger partial charge in [0.25, 0.3) is 0 Å². The molecule has 1 saturated heterocycles. The zero-order chi connectivity index (χ0) is 19.6. The molecule has 2 amide bonds. The molecule has 1 fully saturated rings. The van der Waals surface area contributed by atoms with E-state index in [1.165, 1.54) is 0 Å². The molecule has 2 rings (SSSR count). The van der Waals surface area contributed by atoms with Crippen LogP contribution in [0, 0.1) is 5.92 Å². The van der Waals surface area contributed by atoms with Gasteiger partial charge in [-0.2, -0.15) is 0 Å². The standard InChI is InChI=1S/C21H33N3O3/c1-4-17-7-5-6-8-19(17)23-20(25)13-22-21(26)14-24-11-9-18(10-12-24)27-15-16(2)3/h5-8,16,18H,4,9-15H2,1-3H3,(H,22,26)(H,23,25). The second kappa shape index (κ2) is 11.0. The number of amides is 2. The Morgan fingerprint density at radius 1 is 1.19 bits per heavy atom. The molecular weight excluding hydrogens is 342 g/mol. The van der Waals surface area contributed by atoms with Crippen molar-refractivity contribution in [3.05, 3.63) is 29.8 Å². The van der Waals surface area contributed by atoms with Crippen molar-refractivity contribution in [2.75, 3.05) is 38.1 Å². The first-order valence-corrected chi connectivity index (χ1v) is 9.96. The van der Waals surface area contributed by atoms with Gasteiger partial charge in [0, 0.05) is 25.4 Å². The van der Waals surface area contributed by atoms with Gasteiger partial charge in [-0.05, 0) is 36.8 Å². The lowest BCUT2D eigenvalue weighted by molar-refractivity contribution is -0.125. The Hall–Kier alpha value is -1.92. The topological polar surface area (TPSA) is 70.7 Å². The van der Waals surface area contributed by atoms with E-state index in [4.69, 9.17) is 4.74 Å². The lowest BCUT2D eigenvalue weighted by Gasteiger charge is -2.31. The van der Waals surface area contributed by atoms with Crippen LogP contribution in [-0.4, -0.2) is 55.6 Å². The number of benzene rings is 1. The molecule has 0 saturated carbocycles. The van der Waals surface area contributed by atoms with E-state index < -0.39 is 0 Å². The van der Waals surface area contributed by atoms with E-state index in [1.54, 1.807) is 0 Å². The van der Waals surface area contributed by atoms with Crippen LogP contribution in [0.4, 0.5) is 5.69 Å². The Bertz CT molecular complexity index is 610. The quantitative estimate of drug-likeness (QED) is 0.695. The molecule has 0 aromatic heterocycles. The minimum Gasteiger partial charge on any atom is -0.378 e. The first-order chi connectivity index (χ1) is 13.0. The van der Waals surface area contributed by atoms with Crippen molar-refractivity contribution in [3.63, 3.8) is 0 Å². The van der Waals surface area contributed by atoms with Crippen molar-refractivity contribution >= 4 is 17.5 Å². The van der Waals surface area contributed by atoms with Gasteiger partial charge in [-0.15, -0.1) is 0 Å². The number of piperidine rings is 1. The van der Waals surface area contributed by atoms with Gasteiger partial charge in [0.05, 0.1) is 19.2 Å². The van der Waals surface area contributed by atoms with E-state index >= 15 is 0 Å². The lowest BCUT2D eigenvalue weighted by Crippen LogP contribution is -2.44. The molecular formula is C21H33N3O3. The zero-order valence-corrected chi connectivity index (χ0v) is 16.8. The summed E-state index contributed by atoms with van der Waals surface area (Å²) in [4.78, 5) is 26.3. The maximum Gasteiger partial charge on any atom is 0.243 e. The number of nitrogens with zero attached hydrogens (tertiary/aromatic N) is 1. The second-order valence-electron chi connectivity index (χ2n) is 7.54. The first-order valence-electron chi connectivity index (χ1n) is 9.96. The van der Waals surface area contributed by atoms with Crippen LogP contribution in [0.5, 0.6) is 0 Å². The first kappa shape index (κ1) is 21.4. The predicted octanol–water partition coefficient (Wildman–Crippen LogP) is 2.44. The van der Waals surface area contributed by atoms with Crippen molar-refractivity contribution in [2.24, 2.45) is 5.92 Å². The van der Waals surface area contributed by atoms with Crippen molar-refractivity contribution < 1.29 is 14.3 Å². The molecule has 0 unspecified atom stereocenters. The fourth-order valence-electron chi connectivity index (χ4n) is 3.15. The van der Waals surface area contributed by atoms with Crippen LogP contribution >= 0.6 is 0 Å². The van der Waals surface area contributed by atoms with E-state index in [2.05, 4.69) is 29.4 Å². The third-order valence-electron chi connectivity index (χ3n) is 4.69. The number of carbonyl (C=O) groups is 2. The van der Waals surface area contributed by atoms with Gasteiger partial charge in [-0.3, -0.25) is 14.5 Å². The molecule has 0 radical (unpaired) electrons. The molecule has 6 nitrogen and oxygen atoms in total. The molecule has 2 N–H and O–H groups in total. The highest BCUT2D eigenvalue weighted by Crippen LogP contribution is 2.15. The van der Waals surface area contributed by atoms with Crippen LogP contribution in [0.3, 0.4) is 0 Å². The molecule has 0 atom stereocenters. The van der Waals surface area contributed by atoms with Crippen LogP contribution < -0.4 is 10.6 Å². The third-order valence-corrected chi connectivity index (χ3v) is 4.69. The molecule has 150 valence electrons. The summed E-state index contributed by atoms with van der Waals surface area (Å²) in [6, 6.07) is 7.71. The summed E-state index contributed by atoms with van der Waals surface area (Å²) in [5.74, 6) is 0.227. The Balaban J connectivity index is 1.65. The van der Waals surface area contributed by atoms with Crippen molar-refractivity contribution in [1.82, 2.24) is 10.2 Å². The number of aryl methyl sites for hydroxylation is 1. The summed E-state index contributed by atoms with van der Waals surface area (Å²) in [5, 5.41) is 5.58. The van der Waals surface area contributed by atoms with E-state index in [0.717, 1.165) is 50.2 Å². The predicted molar refractivity (Wildman–Crippen MR) is 108 cm³/mol.